The van der Waals surface area contributed by atoms with Crippen LogP contribution in [0.4, 0.5) is 5.13 Å². The summed E-state index contributed by atoms with van der Waals surface area (Å²) in [4.78, 5) is 8.71. The molecule has 5 nitrogen and oxygen atoms in total. The van der Waals surface area contributed by atoms with Gasteiger partial charge in [0.1, 0.15) is 5.75 Å². The molecule has 0 unspecified atom stereocenters. The molecule has 4 N–H and O–H groups in total. The molecule has 1 aromatic heterocycles. The zero-order valence-corrected chi connectivity index (χ0v) is 15.2. The van der Waals surface area contributed by atoms with E-state index >= 15 is 0 Å². The number of hydrogen-bond donors (Lipinski definition) is 3. The molecule has 2 aromatic carbocycles. The lowest BCUT2D eigenvalue weighted by atomic mass is 10.1. The molecular weight excluding hydrogens is 388 g/mol. The molecule has 3 aromatic rings. The van der Waals surface area contributed by atoms with Crippen LogP contribution in [-0.2, 0) is 6.54 Å². The predicted octanol–water partition coefficient (Wildman–Crippen LogP) is 4.02. The van der Waals surface area contributed by atoms with Gasteiger partial charge in [0.25, 0.3) is 0 Å². The van der Waals surface area contributed by atoms with Crippen molar-refractivity contribution in [3.8, 4) is 17.0 Å². The van der Waals surface area contributed by atoms with Crippen molar-refractivity contribution in [2.45, 2.75) is 6.54 Å². The molecule has 0 atom stereocenters. The number of nitrogens with two attached hydrogens (primary N) is 1. The van der Waals surface area contributed by atoms with Crippen LogP contribution >= 0.6 is 28.3 Å². The fourth-order valence-corrected chi connectivity index (χ4v) is 2.77. The van der Waals surface area contributed by atoms with Crippen LogP contribution in [0.2, 0.25) is 0 Å². The minimum absolute atomic E-state index is 0. The zero-order chi connectivity index (χ0) is 16.1. The molecule has 0 spiro atoms. The number of aromatic hydroxyl groups is 1. The fraction of sp³-hybridized carbons (Fsp3) is 0.0588. The highest BCUT2D eigenvalue weighted by molar-refractivity contribution is 8.93. The second-order valence-electron chi connectivity index (χ2n) is 4.87. The summed E-state index contributed by atoms with van der Waals surface area (Å²) >= 11 is 1.41. The third-order valence-electron chi connectivity index (χ3n) is 3.19. The van der Waals surface area contributed by atoms with Gasteiger partial charge in [-0.1, -0.05) is 42.5 Å². The van der Waals surface area contributed by atoms with Crippen LogP contribution in [0.3, 0.4) is 0 Å². The minimum atomic E-state index is 0. The van der Waals surface area contributed by atoms with Crippen molar-refractivity contribution in [2.24, 2.45) is 10.7 Å². The first kappa shape index (κ1) is 18.0. The number of rotatable bonds is 4. The smallest absolute Gasteiger partial charge is 0.195 e. The average Bonchev–Trinajstić information content (AvgIpc) is 3.02. The van der Waals surface area contributed by atoms with E-state index in [-0.39, 0.29) is 22.7 Å². The van der Waals surface area contributed by atoms with Gasteiger partial charge in [-0.3, -0.25) is 0 Å². The Labute approximate surface area is 154 Å². The first-order valence-corrected chi connectivity index (χ1v) is 7.95. The summed E-state index contributed by atoms with van der Waals surface area (Å²) < 4.78 is 0. The number of phenolic OH excluding ortho intramolecular Hbond substituents is 1. The van der Waals surface area contributed by atoms with E-state index in [1.54, 1.807) is 12.1 Å². The molecule has 124 valence electrons. The molecule has 0 fully saturated rings. The summed E-state index contributed by atoms with van der Waals surface area (Å²) in [5, 5.41) is 15.3. The van der Waals surface area contributed by atoms with Crippen LogP contribution < -0.4 is 11.1 Å². The lowest BCUT2D eigenvalue weighted by Crippen LogP contribution is -2.22. The number of aromatic nitrogens is 1. The van der Waals surface area contributed by atoms with Crippen molar-refractivity contribution < 1.29 is 5.11 Å². The maximum absolute atomic E-state index is 9.86. The van der Waals surface area contributed by atoms with E-state index in [9.17, 15) is 5.11 Å². The molecule has 0 saturated heterocycles. The van der Waals surface area contributed by atoms with Gasteiger partial charge < -0.3 is 16.2 Å². The Morgan fingerprint density at radius 3 is 2.58 bits per heavy atom. The molecule has 0 radical (unpaired) electrons. The first-order chi connectivity index (χ1) is 11.2. The van der Waals surface area contributed by atoms with Crippen LogP contribution in [0.25, 0.3) is 11.3 Å². The number of nitrogens with one attached hydrogen (secondary N) is 1. The summed E-state index contributed by atoms with van der Waals surface area (Å²) in [5.74, 6) is 0.516. The van der Waals surface area contributed by atoms with Crippen molar-refractivity contribution in [1.29, 1.82) is 0 Å². The molecule has 0 bridgehead atoms. The summed E-state index contributed by atoms with van der Waals surface area (Å²) in [7, 11) is 0. The third kappa shape index (κ3) is 4.56. The van der Waals surface area contributed by atoms with Gasteiger partial charge in [-0.25, -0.2) is 9.98 Å². The van der Waals surface area contributed by atoms with Gasteiger partial charge in [0.15, 0.2) is 11.1 Å². The summed E-state index contributed by atoms with van der Waals surface area (Å²) in [6.45, 7) is 0.511. The van der Waals surface area contributed by atoms with Gasteiger partial charge in [-0.05, 0) is 17.7 Å². The van der Waals surface area contributed by atoms with Crippen molar-refractivity contribution >= 4 is 39.4 Å². The predicted molar refractivity (Wildman–Crippen MR) is 105 cm³/mol. The van der Waals surface area contributed by atoms with Crippen molar-refractivity contribution in [1.82, 2.24) is 4.98 Å². The quantitative estimate of drug-likeness (QED) is 0.452. The number of anilines is 1. The van der Waals surface area contributed by atoms with E-state index in [0.717, 1.165) is 5.56 Å². The van der Waals surface area contributed by atoms with Crippen molar-refractivity contribution in [2.75, 3.05) is 5.32 Å². The van der Waals surface area contributed by atoms with Crippen LogP contribution in [-0.4, -0.2) is 16.1 Å². The van der Waals surface area contributed by atoms with E-state index in [1.165, 1.54) is 11.3 Å². The van der Waals surface area contributed by atoms with Crippen molar-refractivity contribution in [3.05, 3.63) is 65.5 Å². The Bertz CT molecular complexity index is 820. The summed E-state index contributed by atoms with van der Waals surface area (Å²) in [6, 6.07) is 17.0. The lowest BCUT2D eigenvalue weighted by Gasteiger charge is -2.02. The number of guanidine groups is 1. The lowest BCUT2D eigenvalue weighted by molar-refractivity contribution is 0.477. The van der Waals surface area contributed by atoms with Crippen LogP contribution in [0, 0.1) is 0 Å². The molecule has 0 aliphatic carbocycles. The molecule has 1 heterocycles. The van der Waals surface area contributed by atoms with Crippen LogP contribution in [0.15, 0.2) is 65.0 Å². The van der Waals surface area contributed by atoms with Crippen LogP contribution in [0.1, 0.15) is 5.56 Å². The minimum Gasteiger partial charge on any atom is -0.507 e. The zero-order valence-electron chi connectivity index (χ0n) is 12.7. The molecule has 7 heteroatoms. The van der Waals surface area contributed by atoms with Gasteiger partial charge in [0.05, 0.1) is 12.2 Å². The number of nitrogens with zero attached hydrogens (tertiary/aromatic N) is 2. The number of thiazole rings is 1. The topological polar surface area (TPSA) is 83.5 Å². The number of aliphatic imine (C=N–C) groups is 1. The van der Waals surface area contributed by atoms with E-state index in [2.05, 4.69) is 15.3 Å². The molecular formula is C17H17BrN4OS. The Hall–Kier alpha value is -2.38. The Balaban J connectivity index is 0.00000208. The van der Waals surface area contributed by atoms with E-state index in [0.29, 0.717) is 28.9 Å². The van der Waals surface area contributed by atoms with Crippen molar-refractivity contribution in [3.63, 3.8) is 0 Å². The highest BCUT2D eigenvalue weighted by Crippen LogP contribution is 2.30. The Kier molecular flexibility index (Phi) is 6.34. The molecule has 0 aliphatic heterocycles. The monoisotopic (exact) mass is 404 g/mol. The average molecular weight is 405 g/mol. The number of hydrogen-bond acceptors (Lipinski definition) is 4. The van der Waals surface area contributed by atoms with Gasteiger partial charge in [-0.15, -0.1) is 28.3 Å². The third-order valence-corrected chi connectivity index (χ3v) is 3.95. The second kappa shape index (κ2) is 8.47. The summed E-state index contributed by atoms with van der Waals surface area (Å²) in [5.41, 5.74) is 8.37. The highest BCUT2D eigenvalue weighted by Gasteiger charge is 2.08. The number of benzene rings is 2. The first-order valence-electron chi connectivity index (χ1n) is 7.07. The molecule has 0 aliphatic rings. The van der Waals surface area contributed by atoms with E-state index < -0.39 is 0 Å². The SMILES string of the molecule is Br.NC(=NCc1ccccc1)Nc1nc(-c2ccccc2O)cs1. The Morgan fingerprint density at radius 2 is 1.83 bits per heavy atom. The Morgan fingerprint density at radius 1 is 1.12 bits per heavy atom. The van der Waals surface area contributed by atoms with Gasteiger partial charge in [-0.2, -0.15) is 0 Å². The normalized spacial score (nSPS) is 10.9. The maximum atomic E-state index is 9.86. The second-order valence-corrected chi connectivity index (χ2v) is 5.73. The van der Waals surface area contributed by atoms with Gasteiger partial charge >= 0.3 is 0 Å². The maximum Gasteiger partial charge on any atom is 0.195 e. The van der Waals surface area contributed by atoms with Gasteiger partial charge in [0.2, 0.25) is 0 Å². The van der Waals surface area contributed by atoms with E-state index in [4.69, 9.17) is 5.73 Å². The number of para-hydroxylation sites is 1. The molecule has 3 rings (SSSR count). The fourth-order valence-electron chi connectivity index (χ4n) is 2.05. The standard InChI is InChI=1S/C17H16N4OS.BrH/c18-16(19-10-12-6-2-1-3-7-12)21-17-20-14(11-23-17)13-8-4-5-9-15(13)22;/h1-9,11,22H,10H2,(H3,18,19,20,21);1H. The van der Waals surface area contributed by atoms with Gasteiger partial charge in [0, 0.05) is 10.9 Å². The largest absolute Gasteiger partial charge is 0.507 e. The van der Waals surface area contributed by atoms with E-state index in [1.807, 2.05) is 47.8 Å². The summed E-state index contributed by atoms with van der Waals surface area (Å²) in [6.07, 6.45) is 0. The molecule has 0 amide bonds. The number of halogens is 1. The molecule has 24 heavy (non-hydrogen) atoms. The number of phenols is 1. The van der Waals surface area contributed by atoms with Crippen LogP contribution in [0.5, 0.6) is 5.75 Å². The molecule has 0 saturated carbocycles. The highest BCUT2D eigenvalue weighted by atomic mass is 79.9.